The van der Waals surface area contributed by atoms with Crippen molar-refractivity contribution < 1.29 is 9.47 Å². The second-order valence-corrected chi connectivity index (χ2v) is 7.64. The van der Waals surface area contributed by atoms with Crippen LogP contribution < -0.4 is 15.4 Å². The zero-order valence-corrected chi connectivity index (χ0v) is 20.1. The normalized spacial score (nSPS) is 19.9. The molecule has 164 valence electrons. The number of aliphatic imine (C=N–C) groups is 1. The monoisotopic (exact) mass is 517 g/mol. The Morgan fingerprint density at radius 3 is 2.59 bits per heavy atom. The molecular weight excluding hydrogens is 481 g/mol. The predicted octanol–water partition coefficient (Wildman–Crippen LogP) is 2.80. The van der Waals surface area contributed by atoms with Crippen LogP contribution in [0.15, 0.2) is 23.3 Å². The van der Waals surface area contributed by atoms with Gasteiger partial charge in [-0.2, -0.15) is 0 Å². The Morgan fingerprint density at radius 2 is 1.97 bits per heavy atom. The van der Waals surface area contributed by atoms with Crippen molar-refractivity contribution in [3.63, 3.8) is 0 Å². The smallest absolute Gasteiger partial charge is 0.212 e. The third-order valence-electron chi connectivity index (χ3n) is 5.82. The lowest BCUT2D eigenvalue weighted by Crippen LogP contribution is -2.60. The fourth-order valence-corrected chi connectivity index (χ4v) is 4.24. The van der Waals surface area contributed by atoms with Crippen molar-refractivity contribution in [1.29, 1.82) is 0 Å². The number of aromatic nitrogens is 1. The number of halogens is 1. The average molecular weight is 517 g/mol. The number of methoxy groups -OCH3 is 1. The van der Waals surface area contributed by atoms with Gasteiger partial charge < -0.3 is 20.1 Å². The summed E-state index contributed by atoms with van der Waals surface area (Å²) < 4.78 is 10.7. The van der Waals surface area contributed by atoms with Crippen molar-refractivity contribution in [2.45, 2.75) is 51.1 Å². The second kappa shape index (κ2) is 12.5. The van der Waals surface area contributed by atoms with Crippen LogP contribution in [0.3, 0.4) is 0 Å². The van der Waals surface area contributed by atoms with Crippen LogP contribution in [0, 0.1) is 0 Å². The van der Waals surface area contributed by atoms with Crippen LogP contribution in [0.2, 0.25) is 0 Å². The first kappa shape index (κ1) is 24.1. The predicted molar refractivity (Wildman–Crippen MR) is 127 cm³/mol. The molecule has 29 heavy (non-hydrogen) atoms. The van der Waals surface area contributed by atoms with E-state index in [1.165, 1.54) is 32.1 Å². The van der Waals surface area contributed by atoms with Gasteiger partial charge in [-0.05, 0) is 25.3 Å². The van der Waals surface area contributed by atoms with Gasteiger partial charge in [-0.25, -0.2) is 9.98 Å². The summed E-state index contributed by atoms with van der Waals surface area (Å²) in [4.78, 5) is 11.7. The molecule has 1 aromatic heterocycles. The molecule has 2 heterocycles. The van der Waals surface area contributed by atoms with Crippen LogP contribution in [0.1, 0.15) is 44.6 Å². The van der Waals surface area contributed by atoms with Crippen LogP contribution in [0.5, 0.6) is 5.88 Å². The van der Waals surface area contributed by atoms with Crippen molar-refractivity contribution >= 4 is 29.9 Å². The molecule has 1 aromatic rings. The summed E-state index contributed by atoms with van der Waals surface area (Å²) in [6.45, 7) is 8.23. The minimum atomic E-state index is 0. The van der Waals surface area contributed by atoms with Crippen LogP contribution in [-0.4, -0.2) is 67.9 Å². The van der Waals surface area contributed by atoms with E-state index in [0.29, 0.717) is 12.4 Å². The minimum absolute atomic E-state index is 0. The van der Waals surface area contributed by atoms with Crippen molar-refractivity contribution in [1.82, 2.24) is 20.5 Å². The molecule has 0 radical (unpaired) electrons. The lowest BCUT2D eigenvalue weighted by atomic mass is 9.80. The van der Waals surface area contributed by atoms with E-state index in [-0.39, 0.29) is 29.5 Å². The van der Waals surface area contributed by atoms with Gasteiger partial charge in [0.05, 0.1) is 26.9 Å². The Labute approximate surface area is 192 Å². The summed E-state index contributed by atoms with van der Waals surface area (Å²) in [7, 11) is 1.63. The molecule has 0 bridgehead atoms. The molecule has 3 rings (SSSR count). The van der Waals surface area contributed by atoms with Gasteiger partial charge in [0, 0.05) is 44.0 Å². The van der Waals surface area contributed by atoms with E-state index in [9.17, 15) is 0 Å². The van der Waals surface area contributed by atoms with Gasteiger partial charge in [0.1, 0.15) is 0 Å². The zero-order valence-electron chi connectivity index (χ0n) is 17.8. The Bertz CT molecular complexity index is 614. The molecule has 0 spiro atoms. The summed E-state index contributed by atoms with van der Waals surface area (Å²) in [6, 6.07) is 3.88. The van der Waals surface area contributed by atoms with Crippen LogP contribution in [0.4, 0.5) is 0 Å². The average Bonchev–Trinajstić information content (AvgIpc) is 2.77. The topological polar surface area (TPSA) is 71.0 Å². The van der Waals surface area contributed by atoms with Gasteiger partial charge in [-0.1, -0.05) is 25.3 Å². The highest BCUT2D eigenvalue weighted by molar-refractivity contribution is 14.0. The number of nitrogens with one attached hydrogen (secondary N) is 2. The summed E-state index contributed by atoms with van der Waals surface area (Å²) in [5.74, 6) is 1.50. The van der Waals surface area contributed by atoms with E-state index in [4.69, 9.17) is 14.5 Å². The fraction of sp³-hybridized carbons (Fsp3) is 0.714. The Hall–Kier alpha value is -1.13. The number of hydrogen-bond acceptors (Lipinski definition) is 5. The first-order chi connectivity index (χ1) is 13.8. The van der Waals surface area contributed by atoms with Gasteiger partial charge in [0.15, 0.2) is 5.96 Å². The number of nitrogens with zero attached hydrogens (tertiary/aromatic N) is 3. The van der Waals surface area contributed by atoms with Gasteiger partial charge in [-0.3, -0.25) is 4.90 Å². The number of guanidine groups is 1. The van der Waals surface area contributed by atoms with Gasteiger partial charge in [0.2, 0.25) is 5.88 Å². The lowest BCUT2D eigenvalue weighted by molar-refractivity contribution is -0.0352. The molecule has 1 aliphatic carbocycles. The van der Waals surface area contributed by atoms with Gasteiger partial charge >= 0.3 is 0 Å². The van der Waals surface area contributed by atoms with E-state index >= 15 is 0 Å². The molecule has 0 amide bonds. The molecule has 2 fully saturated rings. The van der Waals surface area contributed by atoms with E-state index in [1.807, 2.05) is 18.3 Å². The number of rotatable bonds is 7. The molecule has 1 saturated heterocycles. The molecule has 7 nitrogen and oxygen atoms in total. The van der Waals surface area contributed by atoms with Crippen LogP contribution in [0.25, 0.3) is 0 Å². The van der Waals surface area contributed by atoms with Crippen molar-refractivity contribution in [2.24, 2.45) is 4.99 Å². The third kappa shape index (κ3) is 6.96. The maximum absolute atomic E-state index is 5.59. The summed E-state index contributed by atoms with van der Waals surface area (Å²) in [6.07, 6.45) is 8.30. The number of morpholine rings is 1. The largest absolute Gasteiger partial charge is 0.481 e. The van der Waals surface area contributed by atoms with Gasteiger partial charge in [0.25, 0.3) is 0 Å². The highest BCUT2D eigenvalue weighted by atomic mass is 127. The standard InChI is InChI=1S/C21H35N5O2.HI/c1-3-22-20(24-16-18-7-8-19(27-2)23-15-18)25-17-21(9-5-4-6-10-21)26-11-13-28-14-12-26;/h7-8,15H,3-6,9-14,16-17H2,1-2H3,(H2,22,24,25);1H. The maximum atomic E-state index is 5.59. The highest BCUT2D eigenvalue weighted by Crippen LogP contribution is 2.33. The SMILES string of the molecule is CCNC(=NCc1ccc(OC)nc1)NCC1(N2CCOCC2)CCCCC1.I. The van der Waals surface area contributed by atoms with Crippen molar-refractivity contribution in [3.05, 3.63) is 23.9 Å². The molecule has 2 N–H and O–H groups in total. The molecule has 2 aliphatic rings. The molecule has 1 saturated carbocycles. The van der Waals surface area contributed by atoms with Crippen LogP contribution in [-0.2, 0) is 11.3 Å². The Kier molecular flexibility index (Phi) is 10.4. The molecule has 0 unspecified atom stereocenters. The second-order valence-electron chi connectivity index (χ2n) is 7.64. The Morgan fingerprint density at radius 1 is 1.21 bits per heavy atom. The molecular formula is C21H36IN5O2. The van der Waals surface area contributed by atoms with Crippen molar-refractivity contribution in [2.75, 3.05) is 46.5 Å². The molecule has 1 aliphatic heterocycles. The highest BCUT2D eigenvalue weighted by Gasteiger charge is 2.38. The summed E-state index contributed by atoms with van der Waals surface area (Å²) >= 11 is 0. The first-order valence-electron chi connectivity index (χ1n) is 10.6. The minimum Gasteiger partial charge on any atom is -0.481 e. The first-order valence-corrected chi connectivity index (χ1v) is 10.6. The Balaban J connectivity index is 0.00000300. The van der Waals surface area contributed by atoms with E-state index in [1.54, 1.807) is 7.11 Å². The van der Waals surface area contributed by atoms with E-state index < -0.39 is 0 Å². The molecule has 8 heteroatoms. The number of ether oxygens (including phenoxy) is 2. The number of pyridine rings is 1. The van der Waals surface area contributed by atoms with E-state index in [2.05, 4.69) is 27.4 Å². The lowest BCUT2D eigenvalue weighted by Gasteiger charge is -2.48. The quantitative estimate of drug-likeness (QED) is 0.330. The number of hydrogen-bond donors (Lipinski definition) is 2. The molecule has 0 atom stereocenters. The van der Waals surface area contributed by atoms with Gasteiger partial charge in [-0.15, -0.1) is 24.0 Å². The van der Waals surface area contributed by atoms with Crippen LogP contribution >= 0.6 is 24.0 Å². The van der Waals surface area contributed by atoms with E-state index in [0.717, 1.165) is 50.9 Å². The van der Waals surface area contributed by atoms with Crippen molar-refractivity contribution in [3.8, 4) is 5.88 Å². The third-order valence-corrected chi connectivity index (χ3v) is 5.82. The summed E-state index contributed by atoms with van der Waals surface area (Å²) in [5, 5.41) is 7.02. The summed E-state index contributed by atoms with van der Waals surface area (Å²) in [5.41, 5.74) is 1.29. The molecule has 0 aromatic carbocycles. The maximum Gasteiger partial charge on any atom is 0.212 e. The zero-order chi connectivity index (χ0) is 19.7. The fourth-order valence-electron chi connectivity index (χ4n) is 4.24.